The number of benzene rings is 2. The van der Waals surface area contributed by atoms with Crippen LogP contribution in [0.15, 0.2) is 41.5 Å². The molecule has 0 saturated heterocycles. The predicted molar refractivity (Wildman–Crippen MR) is 90.4 cm³/mol. The van der Waals surface area contributed by atoms with E-state index in [-0.39, 0.29) is 0 Å². The molecule has 116 valence electrons. The molecule has 0 aliphatic heterocycles. The minimum absolute atomic E-state index is 0.447. The standard InChI is InChI=1S/C16H16Cl2N2O2/c1-21-15-7-6-11(8-16(15)22-2)9-19-20-10-12-13(17)4-3-5-14(12)18/h3-9,20H,10H2,1-2H3/b19-9+. The van der Waals surface area contributed by atoms with Crippen LogP contribution < -0.4 is 14.9 Å². The first-order valence-corrected chi connectivity index (χ1v) is 7.32. The Labute approximate surface area is 139 Å². The maximum absolute atomic E-state index is 6.09. The van der Waals surface area contributed by atoms with Crippen LogP contribution >= 0.6 is 23.2 Å². The predicted octanol–water partition coefficient (Wildman–Crippen LogP) is 4.13. The number of hydrogen-bond donors (Lipinski definition) is 1. The van der Waals surface area contributed by atoms with Crippen LogP contribution in [0.3, 0.4) is 0 Å². The molecular weight excluding hydrogens is 323 g/mol. The van der Waals surface area contributed by atoms with Crippen molar-refractivity contribution in [1.29, 1.82) is 0 Å². The van der Waals surface area contributed by atoms with Crippen molar-refractivity contribution in [3.8, 4) is 11.5 Å². The molecule has 0 bridgehead atoms. The first kappa shape index (κ1) is 16.5. The van der Waals surface area contributed by atoms with Crippen molar-refractivity contribution < 1.29 is 9.47 Å². The molecule has 2 rings (SSSR count). The minimum atomic E-state index is 0.447. The Hall–Kier alpha value is -1.91. The summed E-state index contributed by atoms with van der Waals surface area (Å²) in [6.07, 6.45) is 1.69. The highest BCUT2D eigenvalue weighted by molar-refractivity contribution is 6.35. The lowest BCUT2D eigenvalue weighted by atomic mass is 10.2. The number of methoxy groups -OCH3 is 2. The Morgan fingerprint density at radius 1 is 1.05 bits per heavy atom. The second-order valence-corrected chi connectivity index (χ2v) is 5.22. The van der Waals surface area contributed by atoms with Gasteiger partial charge < -0.3 is 14.9 Å². The van der Waals surface area contributed by atoms with E-state index in [1.54, 1.807) is 38.6 Å². The molecule has 6 heteroatoms. The quantitative estimate of drug-likeness (QED) is 0.636. The first-order valence-electron chi connectivity index (χ1n) is 6.56. The number of nitrogens with one attached hydrogen (secondary N) is 1. The fraction of sp³-hybridized carbons (Fsp3) is 0.188. The molecule has 0 atom stereocenters. The molecule has 0 aromatic heterocycles. The van der Waals surface area contributed by atoms with Crippen LogP contribution in [0.5, 0.6) is 11.5 Å². The van der Waals surface area contributed by atoms with Gasteiger partial charge in [-0.2, -0.15) is 5.10 Å². The van der Waals surface area contributed by atoms with Gasteiger partial charge in [0.2, 0.25) is 0 Å². The summed E-state index contributed by atoms with van der Waals surface area (Å²) < 4.78 is 10.4. The van der Waals surface area contributed by atoms with Crippen molar-refractivity contribution >= 4 is 29.4 Å². The molecule has 4 nitrogen and oxygen atoms in total. The summed E-state index contributed by atoms with van der Waals surface area (Å²) in [5.41, 5.74) is 4.63. The van der Waals surface area contributed by atoms with E-state index in [1.165, 1.54) is 0 Å². The van der Waals surface area contributed by atoms with Gasteiger partial charge in [-0.1, -0.05) is 29.3 Å². The van der Waals surface area contributed by atoms with Gasteiger partial charge in [0.25, 0.3) is 0 Å². The summed E-state index contributed by atoms with van der Waals surface area (Å²) in [5, 5.41) is 5.39. The number of ether oxygens (including phenoxy) is 2. The fourth-order valence-corrected chi connectivity index (χ4v) is 2.41. The Bertz CT molecular complexity index is 655. The summed E-state index contributed by atoms with van der Waals surface area (Å²) in [4.78, 5) is 0. The van der Waals surface area contributed by atoms with Crippen LogP contribution in [0, 0.1) is 0 Å². The molecule has 0 heterocycles. The zero-order valence-corrected chi connectivity index (χ0v) is 13.8. The Morgan fingerprint density at radius 3 is 2.36 bits per heavy atom. The average molecular weight is 339 g/mol. The number of nitrogens with zero attached hydrogens (tertiary/aromatic N) is 1. The van der Waals surface area contributed by atoms with E-state index >= 15 is 0 Å². The van der Waals surface area contributed by atoms with E-state index < -0.39 is 0 Å². The van der Waals surface area contributed by atoms with Gasteiger partial charge in [-0.15, -0.1) is 0 Å². The van der Waals surface area contributed by atoms with E-state index in [0.717, 1.165) is 11.1 Å². The highest BCUT2D eigenvalue weighted by Gasteiger charge is 2.04. The highest BCUT2D eigenvalue weighted by Crippen LogP contribution is 2.27. The maximum Gasteiger partial charge on any atom is 0.161 e. The van der Waals surface area contributed by atoms with Gasteiger partial charge in [0.05, 0.1) is 27.0 Å². The molecule has 0 saturated carbocycles. The molecule has 0 fully saturated rings. The second-order valence-electron chi connectivity index (χ2n) is 4.41. The van der Waals surface area contributed by atoms with Crippen molar-refractivity contribution in [3.05, 3.63) is 57.6 Å². The Kier molecular flexibility index (Phi) is 5.92. The van der Waals surface area contributed by atoms with Crippen LogP contribution in [0.4, 0.5) is 0 Å². The van der Waals surface area contributed by atoms with E-state index in [0.29, 0.717) is 28.1 Å². The maximum atomic E-state index is 6.09. The van der Waals surface area contributed by atoms with Crippen molar-refractivity contribution in [2.24, 2.45) is 5.10 Å². The lowest BCUT2D eigenvalue weighted by molar-refractivity contribution is 0.355. The molecule has 2 aromatic carbocycles. The number of rotatable bonds is 6. The normalized spacial score (nSPS) is 10.7. The van der Waals surface area contributed by atoms with Crippen LogP contribution in [-0.4, -0.2) is 20.4 Å². The monoisotopic (exact) mass is 338 g/mol. The Balaban J connectivity index is 2.01. The average Bonchev–Trinajstić information content (AvgIpc) is 2.53. The van der Waals surface area contributed by atoms with Crippen molar-refractivity contribution in [1.82, 2.24) is 5.43 Å². The summed E-state index contributed by atoms with van der Waals surface area (Å²) in [6.45, 7) is 0.447. The third-order valence-corrected chi connectivity index (χ3v) is 3.74. The summed E-state index contributed by atoms with van der Waals surface area (Å²) in [7, 11) is 3.19. The van der Waals surface area contributed by atoms with Crippen molar-refractivity contribution in [2.75, 3.05) is 14.2 Å². The SMILES string of the molecule is COc1ccc(/C=N/NCc2c(Cl)cccc2Cl)cc1OC. The fourth-order valence-electron chi connectivity index (χ4n) is 1.88. The van der Waals surface area contributed by atoms with Crippen LogP contribution in [0.1, 0.15) is 11.1 Å². The summed E-state index contributed by atoms with van der Waals surface area (Å²) in [6, 6.07) is 10.9. The van der Waals surface area contributed by atoms with Crippen LogP contribution in [0.2, 0.25) is 10.0 Å². The largest absolute Gasteiger partial charge is 0.493 e. The molecule has 0 amide bonds. The topological polar surface area (TPSA) is 42.8 Å². The number of halogens is 2. The lowest BCUT2D eigenvalue weighted by Gasteiger charge is -2.08. The third-order valence-electron chi connectivity index (χ3n) is 3.03. The van der Waals surface area contributed by atoms with E-state index in [9.17, 15) is 0 Å². The zero-order valence-electron chi connectivity index (χ0n) is 12.3. The van der Waals surface area contributed by atoms with Gasteiger partial charge in [0, 0.05) is 15.6 Å². The molecule has 22 heavy (non-hydrogen) atoms. The molecule has 0 spiro atoms. The zero-order chi connectivity index (χ0) is 15.9. The van der Waals surface area contributed by atoms with Gasteiger partial charge in [-0.3, -0.25) is 0 Å². The third kappa shape index (κ3) is 4.06. The first-order chi connectivity index (χ1) is 10.7. The van der Waals surface area contributed by atoms with Gasteiger partial charge in [-0.25, -0.2) is 0 Å². The molecule has 0 radical (unpaired) electrons. The number of hydrazone groups is 1. The van der Waals surface area contributed by atoms with Crippen LogP contribution in [0.25, 0.3) is 0 Å². The van der Waals surface area contributed by atoms with E-state index in [2.05, 4.69) is 10.5 Å². The van der Waals surface area contributed by atoms with Gasteiger partial charge in [-0.05, 0) is 35.9 Å². The minimum Gasteiger partial charge on any atom is -0.493 e. The smallest absolute Gasteiger partial charge is 0.161 e. The summed E-state index contributed by atoms with van der Waals surface area (Å²) in [5.74, 6) is 1.33. The molecule has 0 aliphatic carbocycles. The van der Waals surface area contributed by atoms with E-state index in [1.807, 2.05) is 18.2 Å². The highest BCUT2D eigenvalue weighted by atomic mass is 35.5. The number of hydrogen-bond acceptors (Lipinski definition) is 4. The Morgan fingerprint density at radius 2 is 1.73 bits per heavy atom. The molecule has 2 aromatic rings. The summed E-state index contributed by atoms with van der Waals surface area (Å²) >= 11 is 12.2. The lowest BCUT2D eigenvalue weighted by Crippen LogP contribution is -2.06. The second kappa shape index (κ2) is 7.92. The van der Waals surface area contributed by atoms with Gasteiger partial charge in [0.15, 0.2) is 11.5 Å². The van der Waals surface area contributed by atoms with Crippen molar-refractivity contribution in [2.45, 2.75) is 6.54 Å². The molecule has 1 N–H and O–H groups in total. The van der Waals surface area contributed by atoms with E-state index in [4.69, 9.17) is 32.7 Å². The van der Waals surface area contributed by atoms with Gasteiger partial charge in [0.1, 0.15) is 0 Å². The molecule has 0 aliphatic rings. The molecular formula is C16H16Cl2N2O2. The molecule has 0 unspecified atom stereocenters. The van der Waals surface area contributed by atoms with Gasteiger partial charge >= 0.3 is 0 Å². The van der Waals surface area contributed by atoms with Crippen molar-refractivity contribution in [3.63, 3.8) is 0 Å². The van der Waals surface area contributed by atoms with Crippen LogP contribution in [-0.2, 0) is 6.54 Å².